The molecule has 1 aromatic carbocycles. The Morgan fingerprint density at radius 2 is 2.09 bits per heavy atom. The van der Waals surface area contributed by atoms with Gasteiger partial charge in [-0.1, -0.05) is 0 Å². The van der Waals surface area contributed by atoms with Crippen LogP contribution >= 0.6 is 0 Å². The van der Waals surface area contributed by atoms with Gasteiger partial charge in [-0.2, -0.15) is 0 Å². The molecule has 1 amide bonds. The molecule has 0 aliphatic carbocycles. The van der Waals surface area contributed by atoms with Gasteiger partial charge >= 0.3 is 0 Å². The van der Waals surface area contributed by atoms with Crippen molar-refractivity contribution in [2.24, 2.45) is 0 Å². The van der Waals surface area contributed by atoms with E-state index >= 15 is 0 Å². The third kappa shape index (κ3) is 4.78. The standard InChI is InChI=1S/C14H17N3O5S/c1-9-16-17-14(22-9)10-4-5-12(21-2)11(8-10)15-13(18)6-7-23(3,19)20/h4-5,8H,6-7H2,1-3H3,(H,15,18). The van der Waals surface area contributed by atoms with Crippen molar-refractivity contribution in [3.8, 4) is 17.2 Å². The Balaban J connectivity index is 2.20. The van der Waals surface area contributed by atoms with E-state index in [1.165, 1.54) is 7.11 Å². The van der Waals surface area contributed by atoms with E-state index in [9.17, 15) is 13.2 Å². The van der Waals surface area contributed by atoms with Gasteiger partial charge in [-0.05, 0) is 18.2 Å². The van der Waals surface area contributed by atoms with Crippen molar-refractivity contribution in [3.63, 3.8) is 0 Å². The van der Waals surface area contributed by atoms with Gasteiger partial charge < -0.3 is 14.5 Å². The van der Waals surface area contributed by atoms with Crippen LogP contribution in [0.1, 0.15) is 12.3 Å². The Kier molecular flexibility index (Phi) is 4.99. The van der Waals surface area contributed by atoms with Crippen LogP contribution in [0.2, 0.25) is 0 Å². The zero-order valence-corrected chi connectivity index (χ0v) is 13.8. The van der Waals surface area contributed by atoms with Crippen LogP contribution in [-0.2, 0) is 14.6 Å². The second-order valence-electron chi connectivity index (χ2n) is 4.97. The molecule has 9 heteroatoms. The lowest BCUT2D eigenvalue weighted by Gasteiger charge is -2.11. The maximum absolute atomic E-state index is 11.9. The van der Waals surface area contributed by atoms with Crippen LogP contribution in [0, 0.1) is 6.92 Å². The third-order valence-electron chi connectivity index (χ3n) is 2.95. The predicted octanol–water partition coefficient (Wildman–Crippen LogP) is 1.43. The van der Waals surface area contributed by atoms with Crippen LogP contribution < -0.4 is 10.1 Å². The van der Waals surface area contributed by atoms with Crippen molar-refractivity contribution < 1.29 is 22.4 Å². The van der Waals surface area contributed by atoms with Gasteiger partial charge in [0.05, 0.1) is 18.6 Å². The molecule has 0 aliphatic rings. The minimum absolute atomic E-state index is 0.133. The van der Waals surface area contributed by atoms with E-state index in [0.717, 1.165) is 6.26 Å². The van der Waals surface area contributed by atoms with Crippen LogP contribution in [0.5, 0.6) is 5.75 Å². The van der Waals surface area contributed by atoms with Crippen molar-refractivity contribution in [1.82, 2.24) is 10.2 Å². The largest absolute Gasteiger partial charge is 0.495 e. The summed E-state index contributed by atoms with van der Waals surface area (Å²) in [6, 6.07) is 5.00. The van der Waals surface area contributed by atoms with E-state index in [0.29, 0.717) is 28.8 Å². The number of amides is 1. The van der Waals surface area contributed by atoms with Gasteiger partial charge in [-0.25, -0.2) is 8.42 Å². The number of carbonyl (C=O) groups excluding carboxylic acids is 1. The number of aromatic nitrogens is 2. The van der Waals surface area contributed by atoms with Crippen LogP contribution in [0.25, 0.3) is 11.5 Å². The molecule has 2 aromatic rings. The molecule has 23 heavy (non-hydrogen) atoms. The molecular formula is C14H17N3O5S. The normalized spacial score (nSPS) is 11.3. The topological polar surface area (TPSA) is 111 Å². The summed E-state index contributed by atoms with van der Waals surface area (Å²) < 4.78 is 32.8. The fourth-order valence-electron chi connectivity index (χ4n) is 1.84. The first-order chi connectivity index (χ1) is 10.8. The molecule has 1 heterocycles. The van der Waals surface area contributed by atoms with Crippen LogP contribution in [0.4, 0.5) is 5.69 Å². The predicted molar refractivity (Wildman–Crippen MR) is 84.0 cm³/mol. The summed E-state index contributed by atoms with van der Waals surface area (Å²) >= 11 is 0. The zero-order valence-electron chi connectivity index (χ0n) is 13.0. The summed E-state index contributed by atoms with van der Waals surface area (Å²) in [5, 5.41) is 10.3. The van der Waals surface area contributed by atoms with Crippen LogP contribution in [0.15, 0.2) is 22.6 Å². The number of sulfone groups is 1. The molecule has 1 aromatic heterocycles. The smallest absolute Gasteiger partial charge is 0.247 e. The van der Waals surface area contributed by atoms with Gasteiger partial charge in [0.1, 0.15) is 15.6 Å². The van der Waals surface area contributed by atoms with Gasteiger partial charge in [0.2, 0.25) is 17.7 Å². The maximum Gasteiger partial charge on any atom is 0.247 e. The lowest BCUT2D eigenvalue weighted by Crippen LogP contribution is -2.17. The Morgan fingerprint density at radius 3 is 2.65 bits per heavy atom. The first kappa shape index (κ1) is 16.9. The van der Waals surface area contributed by atoms with Crippen LogP contribution in [0.3, 0.4) is 0 Å². The highest BCUT2D eigenvalue weighted by Gasteiger charge is 2.14. The number of ether oxygens (including phenoxy) is 1. The molecule has 8 nitrogen and oxygen atoms in total. The molecule has 0 atom stereocenters. The van der Waals surface area contributed by atoms with Gasteiger partial charge in [-0.3, -0.25) is 4.79 Å². The lowest BCUT2D eigenvalue weighted by atomic mass is 10.2. The minimum Gasteiger partial charge on any atom is -0.495 e. The van der Waals surface area contributed by atoms with E-state index in [2.05, 4.69) is 15.5 Å². The Bertz CT molecular complexity index is 814. The van der Waals surface area contributed by atoms with Gasteiger partial charge in [0.15, 0.2) is 0 Å². The molecule has 0 saturated heterocycles. The summed E-state index contributed by atoms with van der Waals surface area (Å²) in [6.07, 6.45) is 0.950. The molecule has 1 N–H and O–H groups in total. The Labute approximate surface area is 133 Å². The summed E-state index contributed by atoms with van der Waals surface area (Å²) in [5.74, 6) is 0.542. The van der Waals surface area contributed by atoms with Gasteiger partial charge in [0, 0.05) is 25.2 Å². The highest BCUT2D eigenvalue weighted by atomic mass is 32.2. The maximum atomic E-state index is 11.9. The van der Waals surface area contributed by atoms with Crippen molar-refractivity contribution in [2.45, 2.75) is 13.3 Å². The highest BCUT2D eigenvalue weighted by molar-refractivity contribution is 7.90. The third-order valence-corrected chi connectivity index (χ3v) is 3.89. The zero-order chi connectivity index (χ0) is 17.0. The SMILES string of the molecule is COc1ccc(-c2nnc(C)o2)cc1NC(=O)CCS(C)(=O)=O. The van der Waals surface area contributed by atoms with E-state index in [1.807, 2.05) is 0 Å². The van der Waals surface area contributed by atoms with Crippen molar-refractivity contribution in [1.29, 1.82) is 0 Å². The fourth-order valence-corrected chi connectivity index (χ4v) is 2.40. The number of hydrogen-bond acceptors (Lipinski definition) is 7. The first-order valence-corrected chi connectivity index (χ1v) is 8.80. The monoisotopic (exact) mass is 339 g/mol. The second kappa shape index (κ2) is 6.78. The number of rotatable bonds is 6. The minimum atomic E-state index is -3.20. The number of nitrogens with one attached hydrogen (secondary N) is 1. The molecule has 0 unspecified atom stereocenters. The quantitative estimate of drug-likeness (QED) is 0.847. The number of carbonyl (C=O) groups is 1. The number of hydrogen-bond donors (Lipinski definition) is 1. The van der Waals surface area contributed by atoms with E-state index in [1.54, 1.807) is 25.1 Å². The van der Waals surface area contributed by atoms with Crippen molar-refractivity contribution in [3.05, 3.63) is 24.1 Å². The van der Waals surface area contributed by atoms with E-state index in [4.69, 9.17) is 9.15 Å². The fraction of sp³-hybridized carbons (Fsp3) is 0.357. The lowest BCUT2D eigenvalue weighted by molar-refractivity contribution is -0.115. The second-order valence-corrected chi connectivity index (χ2v) is 7.23. The molecule has 124 valence electrons. The molecule has 0 saturated carbocycles. The average molecular weight is 339 g/mol. The molecule has 0 spiro atoms. The van der Waals surface area contributed by atoms with E-state index < -0.39 is 15.7 Å². The Hall–Kier alpha value is -2.42. The molecule has 0 fully saturated rings. The molecule has 0 radical (unpaired) electrons. The number of nitrogens with zero attached hydrogens (tertiary/aromatic N) is 2. The summed E-state index contributed by atoms with van der Waals surface area (Å²) in [6.45, 7) is 1.67. The number of anilines is 1. The van der Waals surface area contributed by atoms with Crippen LogP contribution in [-0.4, -0.2) is 43.6 Å². The first-order valence-electron chi connectivity index (χ1n) is 6.74. The van der Waals surface area contributed by atoms with Gasteiger partial charge in [-0.15, -0.1) is 10.2 Å². The molecule has 0 bridgehead atoms. The summed E-state index contributed by atoms with van der Waals surface area (Å²) in [7, 11) is -1.73. The number of benzene rings is 1. The summed E-state index contributed by atoms with van der Waals surface area (Å²) in [5.41, 5.74) is 1.02. The number of methoxy groups -OCH3 is 1. The van der Waals surface area contributed by atoms with Crippen molar-refractivity contribution in [2.75, 3.05) is 24.4 Å². The molecular weight excluding hydrogens is 322 g/mol. The molecule has 0 aliphatic heterocycles. The summed E-state index contributed by atoms with van der Waals surface area (Å²) in [4.78, 5) is 11.9. The van der Waals surface area contributed by atoms with Crippen molar-refractivity contribution >= 4 is 21.4 Å². The Morgan fingerprint density at radius 1 is 1.35 bits per heavy atom. The highest BCUT2D eigenvalue weighted by Crippen LogP contribution is 2.30. The average Bonchev–Trinajstić information content (AvgIpc) is 2.91. The number of aryl methyl sites for hydroxylation is 1. The van der Waals surface area contributed by atoms with Gasteiger partial charge in [0.25, 0.3) is 0 Å². The van der Waals surface area contributed by atoms with E-state index in [-0.39, 0.29) is 12.2 Å². The molecule has 2 rings (SSSR count).